The Balaban J connectivity index is -0.0000000707. The Morgan fingerprint density at radius 1 is 1.71 bits per heavy atom. The fourth-order valence-corrected chi connectivity index (χ4v) is 0.429. The highest BCUT2D eigenvalue weighted by Gasteiger charge is 1.99. The predicted octanol–water partition coefficient (Wildman–Crippen LogP) is -0.503. The molecule has 0 bridgehead atoms. The highest BCUT2D eigenvalue weighted by atomic mass is 16.1. The second kappa shape index (κ2) is 23.8. The van der Waals surface area contributed by atoms with E-state index in [1.54, 1.807) is 13.0 Å². The molecule has 7 N–H and O–H groups in total. The molecule has 0 saturated heterocycles. The summed E-state index contributed by atoms with van der Waals surface area (Å²) in [6.45, 7) is 9.54. The number of nitrogens with one attached hydrogen (secondary N) is 1. The first kappa shape index (κ1) is 24.5. The van der Waals surface area contributed by atoms with E-state index < -0.39 is 0 Å². The molecule has 0 amide bonds. The lowest BCUT2D eigenvalue weighted by molar-refractivity contribution is -0.104. The Morgan fingerprint density at radius 3 is 2.12 bits per heavy atom. The molecular formula is C10H23N5O2. The van der Waals surface area contributed by atoms with Crippen LogP contribution in [0.2, 0.25) is 0 Å². The van der Waals surface area contributed by atoms with Gasteiger partial charge in [-0.15, -0.1) is 0 Å². The molecule has 0 radical (unpaired) electrons. The molecule has 1 heterocycles. The number of hydrogen-bond acceptors (Lipinski definition) is 6. The van der Waals surface area contributed by atoms with Crippen LogP contribution in [0, 0.1) is 17.2 Å². The maximum atomic E-state index is 9.41. The van der Waals surface area contributed by atoms with Gasteiger partial charge in [0.1, 0.15) is 6.29 Å². The van der Waals surface area contributed by atoms with Gasteiger partial charge in [0.25, 0.3) is 0 Å². The third-order valence-corrected chi connectivity index (χ3v) is 1.03. The summed E-state index contributed by atoms with van der Waals surface area (Å²) < 4.78 is 0. The van der Waals surface area contributed by atoms with E-state index in [1.807, 2.05) is 6.21 Å². The average Bonchev–Trinajstić information content (AvgIpc) is 2.74. The van der Waals surface area contributed by atoms with Crippen molar-refractivity contribution in [2.75, 3.05) is 6.54 Å². The van der Waals surface area contributed by atoms with E-state index in [9.17, 15) is 4.79 Å². The van der Waals surface area contributed by atoms with Gasteiger partial charge >= 0.3 is 0 Å². The highest BCUT2D eigenvalue weighted by molar-refractivity contribution is 5.70. The van der Waals surface area contributed by atoms with E-state index in [4.69, 9.17) is 5.26 Å². The van der Waals surface area contributed by atoms with Crippen LogP contribution in [0.5, 0.6) is 0 Å². The molecule has 100 valence electrons. The number of carbonyl (C=O) groups excluding carboxylic acids is 1. The van der Waals surface area contributed by atoms with Gasteiger partial charge < -0.3 is 10.9 Å². The molecular weight excluding hydrogens is 222 g/mol. The van der Waals surface area contributed by atoms with Gasteiger partial charge in [0, 0.05) is 25.6 Å². The Bertz CT molecular complexity index is 235. The number of hydrazone groups is 1. The zero-order valence-electron chi connectivity index (χ0n) is 10.6. The van der Waals surface area contributed by atoms with Gasteiger partial charge in [-0.2, -0.15) is 10.4 Å². The number of hydrazine groups is 1. The number of nitrogens with zero attached hydrogens (tertiary/aromatic N) is 2. The maximum Gasteiger partial charge on any atom is 0.145 e. The second-order valence-electron chi connectivity index (χ2n) is 2.81. The lowest BCUT2D eigenvalue weighted by Gasteiger charge is -1.88. The van der Waals surface area contributed by atoms with Crippen LogP contribution in [-0.4, -0.2) is 24.5 Å². The van der Waals surface area contributed by atoms with E-state index >= 15 is 0 Å². The number of allylic oxidation sites excluding steroid dienone is 1. The van der Waals surface area contributed by atoms with Crippen LogP contribution >= 0.6 is 0 Å². The van der Waals surface area contributed by atoms with Crippen LogP contribution in [-0.2, 0) is 4.79 Å². The summed E-state index contributed by atoms with van der Waals surface area (Å²) in [6.07, 6.45) is 2.64. The third-order valence-electron chi connectivity index (χ3n) is 1.03. The van der Waals surface area contributed by atoms with Crippen LogP contribution in [0.4, 0.5) is 0 Å². The summed E-state index contributed by atoms with van der Waals surface area (Å²) in [5.74, 6) is 8.64. The molecule has 0 aromatic heterocycles. The first-order chi connectivity index (χ1) is 7.58. The van der Waals surface area contributed by atoms with Gasteiger partial charge in [-0.1, -0.05) is 13.5 Å². The summed E-state index contributed by atoms with van der Waals surface area (Å²) in [5, 5.41) is 11.1. The summed E-state index contributed by atoms with van der Waals surface area (Å²) in [5.41, 5.74) is 3.42. The van der Waals surface area contributed by atoms with Crippen molar-refractivity contribution in [1.82, 2.24) is 5.43 Å². The van der Waals surface area contributed by atoms with Crippen molar-refractivity contribution in [1.29, 1.82) is 5.26 Å². The predicted molar refractivity (Wildman–Crippen MR) is 69.8 cm³/mol. The molecule has 7 nitrogen and oxygen atoms in total. The van der Waals surface area contributed by atoms with Crippen molar-refractivity contribution in [3.05, 3.63) is 12.2 Å². The van der Waals surface area contributed by atoms with Crippen LogP contribution in [0.25, 0.3) is 0 Å². The molecule has 1 aliphatic rings. The highest BCUT2D eigenvalue weighted by Crippen LogP contribution is 1.90. The van der Waals surface area contributed by atoms with Gasteiger partial charge in [-0.3, -0.25) is 16.5 Å². The molecule has 1 unspecified atom stereocenters. The van der Waals surface area contributed by atoms with Crippen molar-refractivity contribution in [3.8, 4) is 6.07 Å². The molecule has 0 aromatic carbocycles. The zero-order chi connectivity index (χ0) is 13.4. The minimum atomic E-state index is 0. The first-order valence-corrected chi connectivity index (χ1v) is 4.59. The summed E-state index contributed by atoms with van der Waals surface area (Å²) in [6, 6.07) is 1.75. The topological polar surface area (TPSA) is 149 Å². The van der Waals surface area contributed by atoms with Gasteiger partial charge in [0.2, 0.25) is 0 Å². The molecule has 0 spiro atoms. The molecule has 1 aliphatic heterocycles. The average molecular weight is 245 g/mol. The number of rotatable bonds is 1. The van der Waals surface area contributed by atoms with Crippen LogP contribution in [0.15, 0.2) is 17.3 Å². The summed E-state index contributed by atoms with van der Waals surface area (Å²) in [4.78, 5) is 9.41. The lowest BCUT2D eigenvalue weighted by atomic mass is 10.2. The minimum Gasteiger partial charge on any atom is -0.412 e. The Morgan fingerprint density at radius 2 is 2.06 bits per heavy atom. The Hall–Kier alpha value is -1.75. The van der Waals surface area contributed by atoms with E-state index in [-0.39, 0.29) is 5.48 Å². The Labute approximate surface area is 102 Å². The minimum absolute atomic E-state index is 0. The largest absolute Gasteiger partial charge is 0.412 e. The molecule has 7 heteroatoms. The van der Waals surface area contributed by atoms with E-state index in [2.05, 4.69) is 35.7 Å². The van der Waals surface area contributed by atoms with Crippen molar-refractivity contribution in [2.24, 2.45) is 22.7 Å². The van der Waals surface area contributed by atoms with Crippen molar-refractivity contribution >= 4 is 12.5 Å². The van der Waals surface area contributed by atoms with E-state index in [0.29, 0.717) is 11.5 Å². The molecule has 1 atom stereocenters. The van der Waals surface area contributed by atoms with Gasteiger partial charge in [0.15, 0.2) is 0 Å². The van der Waals surface area contributed by atoms with Crippen molar-refractivity contribution in [2.45, 2.75) is 20.8 Å². The molecule has 0 aliphatic carbocycles. The van der Waals surface area contributed by atoms with Gasteiger partial charge in [-0.25, -0.2) is 0 Å². The maximum absolute atomic E-state index is 9.41. The fourth-order valence-electron chi connectivity index (χ4n) is 0.429. The standard InChI is InChI=1S/C4H8N2.C4H6O.C2H3N.H4N2.H2O/c1-4-2-5-6-3-4;1-4(2)3-5;1-2-3;1-2;/h2,4,6H,3H2,1H3;3H,1H2,2H3;1H3;1-2H2;1H2. The van der Waals surface area contributed by atoms with Crippen LogP contribution < -0.4 is 17.1 Å². The molecule has 1 rings (SSSR count). The smallest absolute Gasteiger partial charge is 0.145 e. The summed E-state index contributed by atoms with van der Waals surface area (Å²) in [7, 11) is 0. The Kier molecular flexibility index (Phi) is 34.3. The summed E-state index contributed by atoms with van der Waals surface area (Å²) >= 11 is 0. The number of nitriles is 1. The van der Waals surface area contributed by atoms with E-state index in [0.717, 1.165) is 12.8 Å². The number of carbonyl (C=O) groups is 1. The zero-order valence-corrected chi connectivity index (χ0v) is 10.6. The SMILES string of the molecule is C=C(C)C=O.CC#N.CC1C=NNC1.NN.O. The fraction of sp³-hybridized carbons (Fsp3) is 0.500. The van der Waals surface area contributed by atoms with E-state index in [1.165, 1.54) is 6.92 Å². The molecule has 17 heavy (non-hydrogen) atoms. The van der Waals surface area contributed by atoms with Crippen LogP contribution in [0.1, 0.15) is 20.8 Å². The van der Waals surface area contributed by atoms with Crippen molar-refractivity contribution < 1.29 is 10.3 Å². The first-order valence-electron chi connectivity index (χ1n) is 4.59. The molecule has 0 fully saturated rings. The third kappa shape index (κ3) is 40.7. The van der Waals surface area contributed by atoms with Gasteiger partial charge in [0.05, 0.1) is 6.07 Å². The van der Waals surface area contributed by atoms with Crippen molar-refractivity contribution in [3.63, 3.8) is 0 Å². The molecule has 0 aromatic rings. The van der Waals surface area contributed by atoms with Crippen LogP contribution in [0.3, 0.4) is 0 Å². The number of nitrogens with two attached hydrogens (primary N) is 2. The monoisotopic (exact) mass is 245 g/mol. The quantitative estimate of drug-likeness (QED) is 0.246. The molecule has 0 saturated carbocycles. The normalized spacial score (nSPS) is 13.5. The number of hydrogen-bond donors (Lipinski definition) is 3. The lowest BCUT2D eigenvalue weighted by Crippen LogP contribution is -2.05. The van der Waals surface area contributed by atoms with Gasteiger partial charge in [-0.05, 0) is 12.5 Å². The number of aldehydes is 1. The second-order valence-corrected chi connectivity index (χ2v) is 2.81.